The molecule has 5 heteroatoms. The van der Waals surface area contributed by atoms with Crippen molar-refractivity contribution in [2.24, 2.45) is 16.8 Å². The van der Waals surface area contributed by atoms with Crippen LogP contribution >= 0.6 is 24.0 Å². The fourth-order valence-electron chi connectivity index (χ4n) is 1.44. The third-order valence-electron chi connectivity index (χ3n) is 2.71. The van der Waals surface area contributed by atoms with E-state index in [1.54, 1.807) is 7.05 Å². The second-order valence-corrected chi connectivity index (χ2v) is 5.15. The predicted octanol–water partition coefficient (Wildman–Crippen LogP) is 2.24. The van der Waals surface area contributed by atoms with Gasteiger partial charge < -0.3 is 15.4 Å². The van der Waals surface area contributed by atoms with Crippen LogP contribution in [0.1, 0.15) is 33.1 Å². The van der Waals surface area contributed by atoms with Gasteiger partial charge in [0.2, 0.25) is 0 Å². The summed E-state index contributed by atoms with van der Waals surface area (Å²) >= 11 is 0. The standard InChI is InChI=1S/C13H27N3O.HI/c1-11(2)9-16-13(14-3)15-7-4-8-17-10-12-5-6-12;/h11-12H,4-10H2,1-3H3,(H2,14,15,16);1H. The first kappa shape index (κ1) is 18.0. The van der Waals surface area contributed by atoms with Crippen molar-refractivity contribution in [1.82, 2.24) is 10.6 Å². The van der Waals surface area contributed by atoms with E-state index in [0.29, 0.717) is 5.92 Å². The topological polar surface area (TPSA) is 45.7 Å². The molecule has 1 fully saturated rings. The number of nitrogens with zero attached hydrogens (tertiary/aromatic N) is 1. The van der Waals surface area contributed by atoms with Gasteiger partial charge >= 0.3 is 0 Å². The summed E-state index contributed by atoms with van der Waals surface area (Å²) in [5.41, 5.74) is 0. The Kier molecular flexibility index (Phi) is 10.8. The molecule has 1 saturated carbocycles. The molecule has 0 aliphatic heterocycles. The van der Waals surface area contributed by atoms with E-state index >= 15 is 0 Å². The number of halogens is 1. The molecule has 0 unspecified atom stereocenters. The van der Waals surface area contributed by atoms with Crippen LogP contribution in [-0.2, 0) is 4.74 Å². The average molecular weight is 369 g/mol. The maximum atomic E-state index is 5.57. The number of aliphatic imine (C=N–C) groups is 1. The number of nitrogens with one attached hydrogen (secondary N) is 2. The summed E-state index contributed by atoms with van der Waals surface area (Å²) in [4.78, 5) is 4.17. The number of hydrogen-bond acceptors (Lipinski definition) is 2. The molecule has 0 aromatic heterocycles. The van der Waals surface area contributed by atoms with Crippen LogP contribution in [0.15, 0.2) is 4.99 Å². The Morgan fingerprint density at radius 1 is 1.33 bits per heavy atom. The SMILES string of the molecule is CN=C(NCCCOCC1CC1)NCC(C)C.I. The van der Waals surface area contributed by atoms with Gasteiger partial charge in [-0.15, -0.1) is 24.0 Å². The fraction of sp³-hybridized carbons (Fsp3) is 0.923. The quantitative estimate of drug-likeness (QED) is 0.299. The normalized spacial score (nSPS) is 15.4. The second-order valence-electron chi connectivity index (χ2n) is 5.15. The van der Waals surface area contributed by atoms with E-state index in [-0.39, 0.29) is 24.0 Å². The largest absolute Gasteiger partial charge is 0.381 e. The molecule has 18 heavy (non-hydrogen) atoms. The van der Waals surface area contributed by atoms with Crippen LogP contribution in [0, 0.1) is 11.8 Å². The maximum absolute atomic E-state index is 5.57. The summed E-state index contributed by atoms with van der Waals surface area (Å²) < 4.78 is 5.57. The molecule has 0 amide bonds. The maximum Gasteiger partial charge on any atom is 0.190 e. The van der Waals surface area contributed by atoms with Crippen molar-refractivity contribution in [3.8, 4) is 0 Å². The predicted molar refractivity (Wildman–Crippen MR) is 87.8 cm³/mol. The zero-order valence-corrected chi connectivity index (χ0v) is 14.2. The molecule has 0 saturated heterocycles. The summed E-state index contributed by atoms with van der Waals surface area (Å²) in [6.45, 7) is 8.06. The van der Waals surface area contributed by atoms with E-state index in [9.17, 15) is 0 Å². The molecular weight excluding hydrogens is 341 g/mol. The molecule has 4 nitrogen and oxygen atoms in total. The first-order valence-electron chi connectivity index (χ1n) is 6.74. The smallest absolute Gasteiger partial charge is 0.190 e. The monoisotopic (exact) mass is 369 g/mol. The van der Waals surface area contributed by atoms with E-state index in [2.05, 4.69) is 29.5 Å². The van der Waals surface area contributed by atoms with Gasteiger partial charge in [0.25, 0.3) is 0 Å². The Bertz CT molecular complexity index is 230. The number of ether oxygens (including phenoxy) is 1. The van der Waals surface area contributed by atoms with Gasteiger partial charge in [-0.25, -0.2) is 0 Å². The minimum absolute atomic E-state index is 0. The first-order valence-corrected chi connectivity index (χ1v) is 6.74. The van der Waals surface area contributed by atoms with Crippen molar-refractivity contribution in [2.45, 2.75) is 33.1 Å². The molecule has 1 aliphatic carbocycles. The second kappa shape index (κ2) is 10.8. The van der Waals surface area contributed by atoms with Crippen molar-refractivity contribution in [3.05, 3.63) is 0 Å². The Balaban J connectivity index is 0.00000289. The van der Waals surface area contributed by atoms with Gasteiger partial charge in [0.1, 0.15) is 0 Å². The molecule has 1 rings (SSSR count). The molecule has 0 spiro atoms. The zero-order valence-electron chi connectivity index (χ0n) is 11.9. The van der Waals surface area contributed by atoms with E-state index < -0.39 is 0 Å². The van der Waals surface area contributed by atoms with Crippen LogP contribution in [0.3, 0.4) is 0 Å². The van der Waals surface area contributed by atoms with E-state index in [1.807, 2.05) is 0 Å². The van der Waals surface area contributed by atoms with Crippen molar-refractivity contribution >= 4 is 29.9 Å². The van der Waals surface area contributed by atoms with Crippen molar-refractivity contribution in [3.63, 3.8) is 0 Å². The van der Waals surface area contributed by atoms with Crippen LogP contribution in [0.4, 0.5) is 0 Å². The highest BCUT2D eigenvalue weighted by atomic mass is 127. The van der Waals surface area contributed by atoms with Crippen LogP contribution in [0.25, 0.3) is 0 Å². The van der Waals surface area contributed by atoms with E-state index in [4.69, 9.17) is 4.74 Å². The molecule has 0 bridgehead atoms. The number of rotatable bonds is 8. The molecule has 2 N–H and O–H groups in total. The van der Waals surface area contributed by atoms with Crippen molar-refractivity contribution < 1.29 is 4.74 Å². The highest BCUT2D eigenvalue weighted by Crippen LogP contribution is 2.28. The lowest BCUT2D eigenvalue weighted by Crippen LogP contribution is -2.39. The lowest BCUT2D eigenvalue weighted by Gasteiger charge is -2.13. The first-order chi connectivity index (χ1) is 8.22. The minimum Gasteiger partial charge on any atom is -0.381 e. The molecule has 0 radical (unpaired) electrons. The van der Waals surface area contributed by atoms with Crippen LogP contribution in [0.5, 0.6) is 0 Å². The van der Waals surface area contributed by atoms with Gasteiger partial charge in [-0.05, 0) is 31.1 Å². The van der Waals surface area contributed by atoms with Gasteiger partial charge in [-0.2, -0.15) is 0 Å². The molecule has 1 aliphatic rings. The van der Waals surface area contributed by atoms with E-state index in [1.165, 1.54) is 12.8 Å². The van der Waals surface area contributed by atoms with Crippen LogP contribution in [0.2, 0.25) is 0 Å². The summed E-state index contributed by atoms with van der Waals surface area (Å²) in [5.74, 6) is 2.39. The summed E-state index contributed by atoms with van der Waals surface area (Å²) in [5, 5.41) is 6.57. The third-order valence-corrected chi connectivity index (χ3v) is 2.71. The fourth-order valence-corrected chi connectivity index (χ4v) is 1.44. The summed E-state index contributed by atoms with van der Waals surface area (Å²) in [6.07, 6.45) is 3.77. The molecule has 0 aromatic rings. The minimum atomic E-state index is 0. The Morgan fingerprint density at radius 2 is 2.06 bits per heavy atom. The van der Waals surface area contributed by atoms with Crippen LogP contribution < -0.4 is 10.6 Å². The van der Waals surface area contributed by atoms with Crippen molar-refractivity contribution in [2.75, 3.05) is 33.4 Å². The summed E-state index contributed by atoms with van der Waals surface area (Å²) in [7, 11) is 1.80. The van der Waals surface area contributed by atoms with Gasteiger partial charge in [-0.3, -0.25) is 4.99 Å². The highest BCUT2D eigenvalue weighted by molar-refractivity contribution is 14.0. The summed E-state index contributed by atoms with van der Waals surface area (Å²) in [6, 6.07) is 0. The lowest BCUT2D eigenvalue weighted by molar-refractivity contribution is 0.123. The zero-order chi connectivity index (χ0) is 12.5. The van der Waals surface area contributed by atoms with Gasteiger partial charge in [0.15, 0.2) is 5.96 Å². The Hall–Kier alpha value is -0.0400. The highest BCUT2D eigenvalue weighted by Gasteiger charge is 2.20. The van der Waals surface area contributed by atoms with E-state index in [0.717, 1.165) is 44.6 Å². The number of hydrogen-bond donors (Lipinski definition) is 2. The van der Waals surface area contributed by atoms with Crippen LogP contribution in [-0.4, -0.2) is 39.3 Å². The Labute approximate surface area is 128 Å². The molecule has 0 atom stereocenters. The average Bonchev–Trinajstić information content (AvgIpc) is 3.10. The molecule has 108 valence electrons. The lowest BCUT2D eigenvalue weighted by atomic mass is 10.2. The van der Waals surface area contributed by atoms with Gasteiger partial charge in [0.05, 0.1) is 0 Å². The van der Waals surface area contributed by atoms with Crippen molar-refractivity contribution in [1.29, 1.82) is 0 Å². The number of guanidine groups is 1. The Morgan fingerprint density at radius 3 is 2.61 bits per heavy atom. The molecule has 0 aromatic carbocycles. The van der Waals surface area contributed by atoms with Gasteiger partial charge in [-0.1, -0.05) is 13.8 Å². The molecular formula is C13H28IN3O. The molecule has 0 heterocycles. The third kappa shape index (κ3) is 9.94. The van der Waals surface area contributed by atoms with Gasteiger partial charge in [0, 0.05) is 33.4 Å².